The number of furan rings is 1. The average Bonchev–Trinajstić information content (AvgIpc) is 2.82. The highest BCUT2D eigenvalue weighted by molar-refractivity contribution is 14.0. The molecule has 0 saturated carbocycles. The number of hydrogen-bond acceptors (Lipinski definition) is 4. The number of nitrogens with two attached hydrogens (primary N) is 1. The van der Waals surface area contributed by atoms with Crippen molar-refractivity contribution in [1.29, 1.82) is 0 Å². The van der Waals surface area contributed by atoms with Crippen LogP contribution in [0.25, 0.3) is 0 Å². The first-order valence-corrected chi connectivity index (χ1v) is 5.49. The maximum absolute atomic E-state index is 10.8. The van der Waals surface area contributed by atoms with Crippen molar-refractivity contribution < 1.29 is 13.9 Å². The zero-order chi connectivity index (χ0) is 13.4. The van der Waals surface area contributed by atoms with E-state index in [1.165, 1.54) is 0 Å². The first-order valence-electron chi connectivity index (χ1n) is 5.49. The van der Waals surface area contributed by atoms with Crippen molar-refractivity contribution in [1.82, 2.24) is 10.6 Å². The highest BCUT2D eigenvalue weighted by Crippen LogP contribution is 2.06. The molecular weight excluding hydrogens is 363 g/mol. The van der Waals surface area contributed by atoms with Crippen LogP contribution in [0.1, 0.15) is 16.3 Å². The van der Waals surface area contributed by atoms with Crippen LogP contribution in [-0.2, 0) is 11.3 Å². The normalized spacial score (nSPS) is 10.7. The van der Waals surface area contributed by atoms with Crippen LogP contribution in [0.2, 0.25) is 0 Å². The second-order valence-electron chi connectivity index (χ2n) is 3.48. The number of ether oxygens (including phenoxy) is 1. The largest absolute Gasteiger partial charge is 0.454 e. The Morgan fingerprint density at radius 3 is 2.74 bits per heavy atom. The van der Waals surface area contributed by atoms with E-state index >= 15 is 0 Å². The number of nitrogens with zero attached hydrogens (tertiary/aromatic N) is 1. The number of halogens is 1. The Balaban J connectivity index is 0.00000324. The van der Waals surface area contributed by atoms with Crippen LogP contribution >= 0.6 is 24.0 Å². The monoisotopic (exact) mass is 382 g/mol. The van der Waals surface area contributed by atoms with E-state index < -0.39 is 5.91 Å². The van der Waals surface area contributed by atoms with E-state index in [4.69, 9.17) is 14.9 Å². The van der Waals surface area contributed by atoms with Crippen molar-refractivity contribution in [3.63, 3.8) is 0 Å². The molecule has 1 heterocycles. The molecule has 19 heavy (non-hydrogen) atoms. The number of amides is 1. The topological polar surface area (TPSA) is 102 Å². The smallest absolute Gasteiger partial charge is 0.284 e. The lowest BCUT2D eigenvalue weighted by Crippen LogP contribution is -2.38. The lowest BCUT2D eigenvalue weighted by Gasteiger charge is -2.10. The van der Waals surface area contributed by atoms with Gasteiger partial charge in [0.1, 0.15) is 5.76 Å². The number of rotatable bonds is 6. The molecule has 0 atom stereocenters. The Labute approximate surface area is 129 Å². The Hall–Kier alpha value is -1.29. The Morgan fingerprint density at radius 2 is 2.21 bits per heavy atom. The first kappa shape index (κ1) is 17.7. The molecule has 1 rings (SSSR count). The van der Waals surface area contributed by atoms with Crippen LogP contribution in [0.15, 0.2) is 21.5 Å². The van der Waals surface area contributed by atoms with E-state index in [0.717, 1.165) is 0 Å². The Morgan fingerprint density at radius 1 is 1.47 bits per heavy atom. The van der Waals surface area contributed by atoms with Gasteiger partial charge >= 0.3 is 0 Å². The maximum atomic E-state index is 10.8. The molecule has 0 aliphatic carbocycles. The zero-order valence-corrected chi connectivity index (χ0v) is 13.3. The molecule has 1 aromatic heterocycles. The van der Waals surface area contributed by atoms with Gasteiger partial charge in [-0.3, -0.25) is 9.79 Å². The van der Waals surface area contributed by atoms with Gasteiger partial charge in [-0.1, -0.05) is 0 Å². The molecule has 0 spiro atoms. The second-order valence-corrected chi connectivity index (χ2v) is 3.48. The number of carbonyl (C=O) groups is 1. The van der Waals surface area contributed by atoms with Gasteiger partial charge < -0.3 is 25.5 Å². The number of methoxy groups -OCH3 is 1. The maximum Gasteiger partial charge on any atom is 0.284 e. The van der Waals surface area contributed by atoms with Crippen LogP contribution in [-0.4, -0.2) is 39.2 Å². The molecule has 1 amide bonds. The summed E-state index contributed by atoms with van der Waals surface area (Å²) in [6.07, 6.45) is 0. The first-order chi connectivity index (χ1) is 8.67. The van der Waals surface area contributed by atoms with E-state index in [0.29, 0.717) is 31.4 Å². The molecule has 0 radical (unpaired) electrons. The van der Waals surface area contributed by atoms with Gasteiger partial charge in [0.2, 0.25) is 0 Å². The van der Waals surface area contributed by atoms with Crippen molar-refractivity contribution in [2.24, 2.45) is 10.7 Å². The third-order valence-corrected chi connectivity index (χ3v) is 2.16. The molecule has 0 aliphatic rings. The van der Waals surface area contributed by atoms with Gasteiger partial charge in [0.25, 0.3) is 5.91 Å². The van der Waals surface area contributed by atoms with Gasteiger partial charge in [-0.05, 0) is 12.1 Å². The number of hydrogen-bond donors (Lipinski definition) is 3. The molecular formula is C11H19IN4O3. The molecule has 108 valence electrons. The second kappa shape index (κ2) is 9.62. The van der Waals surface area contributed by atoms with E-state index in [-0.39, 0.29) is 29.7 Å². The number of nitrogens with one attached hydrogen (secondary N) is 2. The lowest BCUT2D eigenvalue weighted by atomic mass is 10.4. The molecule has 0 bridgehead atoms. The van der Waals surface area contributed by atoms with Gasteiger partial charge in [-0.15, -0.1) is 24.0 Å². The number of guanidine groups is 1. The minimum atomic E-state index is -0.580. The number of carbonyl (C=O) groups excluding carboxylic acids is 1. The quantitative estimate of drug-likeness (QED) is 0.285. The molecule has 0 aromatic carbocycles. The summed E-state index contributed by atoms with van der Waals surface area (Å²) in [5, 5.41) is 6.09. The van der Waals surface area contributed by atoms with Gasteiger partial charge in [0.15, 0.2) is 11.7 Å². The van der Waals surface area contributed by atoms with E-state index in [9.17, 15) is 4.79 Å². The van der Waals surface area contributed by atoms with Gasteiger partial charge in [0, 0.05) is 20.7 Å². The van der Waals surface area contributed by atoms with Gasteiger partial charge in [-0.2, -0.15) is 0 Å². The van der Waals surface area contributed by atoms with Crippen molar-refractivity contribution in [3.8, 4) is 0 Å². The molecule has 0 fully saturated rings. The van der Waals surface area contributed by atoms with Crippen molar-refractivity contribution in [3.05, 3.63) is 23.7 Å². The average molecular weight is 382 g/mol. The fraction of sp³-hybridized carbons (Fsp3) is 0.455. The lowest BCUT2D eigenvalue weighted by molar-refractivity contribution is 0.0972. The third-order valence-electron chi connectivity index (χ3n) is 2.16. The van der Waals surface area contributed by atoms with Crippen LogP contribution in [0, 0.1) is 0 Å². The summed E-state index contributed by atoms with van der Waals surface area (Å²) >= 11 is 0. The predicted molar refractivity (Wildman–Crippen MR) is 82.7 cm³/mol. The number of aliphatic imine (C=N–C) groups is 1. The van der Waals surface area contributed by atoms with Crippen molar-refractivity contribution in [2.75, 3.05) is 27.3 Å². The fourth-order valence-electron chi connectivity index (χ4n) is 1.27. The van der Waals surface area contributed by atoms with E-state index in [1.807, 2.05) is 0 Å². The summed E-state index contributed by atoms with van der Waals surface area (Å²) in [6, 6.07) is 3.23. The fourth-order valence-corrected chi connectivity index (χ4v) is 1.27. The Kier molecular flexibility index (Phi) is 8.96. The van der Waals surface area contributed by atoms with Crippen LogP contribution in [0.5, 0.6) is 0 Å². The minimum absolute atomic E-state index is 0. The van der Waals surface area contributed by atoms with Crippen LogP contribution in [0.3, 0.4) is 0 Å². The van der Waals surface area contributed by atoms with Crippen LogP contribution in [0.4, 0.5) is 0 Å². The summed E-state index contributed by atoms with van der Waals surface area (Å²) in [5.41, 5.74) is 5.09. The predicted octanol–water partition coefficient (Wildman–Crippen LogP) is 0.308. The third kappa shape index (κ3) is 6.43. The summed E-state index contributed by atoms with van der Waals surface area (Å²) in [6.45, 7) is 1.66. The molecule has 8 heteroatoms. The van der Waals surface area contributed by atoms with Gasteiger partial charge in [-0.25, -0.2) is 0 Å². The van der Waals surface area contributed by atoms with Crippen molar-refractivity contribution in [2.45, 2.75) is 6.54 Å². The molecule has 1 aromatic rings. The van der Waals surface area contributed by atoms with Crippen molar-refractivity contribution >= 4 is 35.8 Å². The van der Waals surface area contributed by atoms with E-state index in [2.05, 4.69) is 15.6 Å². The van der Waals surface area contributed by atoms with Gasteiger partial charge in [0.05, 0.1) is 13.2 Å². The number of primary amides is 1. The van der Waals surface area contributed by atoms with Crippen LogP contribution < -0.4 is 16.4 Å². The summed E-state index contributed by atoms with van der Waals surface area (Å²) in [7, 11) is 3.30. The molecule has 0 aliphatic heterocycles. The molecule has 4 N–H and O–H groups in total. The van der Waals surface area contributed by atoms with E-state index in [1.54, 1.807) is 26.3 Å². The molecule has 7 nitrogen and oxygen atoms in total. The Bertz CT molecular complexity index is 420. The minimum Gasteiger partial charge on any atom is -0.454 e. The molecule has 0 saturated heterocycles. The summed E-state index contributed by atoms with van der Waals surface area (Å²) in [5.74, 6) is 0.806. The highest BCUT2D eigenvalue weighted by atomic mass is 127. The zero-order valence-electron chi connectivity index (χ0n) is 10.9. The standard InChI is InChI=1S/C11H18N4O3.HI/c1-13-11(14-5-6-17-2)15-7-8-3-4-9(18-8)10(12)16;/h3-4H,5-7H2,1-2H3,(H2,12,16)(H2,13,14,15);1H. The summed E-state index contributed by atoms with van der Waals surface area (Å²) in [4.78, 5) is 14.9. The molecule has 0 unspecified atom stereocenters. The SMILES string of the molecule is CN=C(NCCOC)NCc1ccc(C(N)=O)o1.I. The summed E-state index contributed by atoms with van der Waals surface area (Å²) < 4.78 is 10.1. The highest BCUT2D eigenvalue weighted by Gasteiger charge is 2.07.